The van der Waals surface area contributed by atoms with Gasteiger partial charge in [0.05, 0.1) is 5.54 Å². The molecule has 0 bridgehead atoms. The van der Waals surface area contributed by atoms with E-state index in [1.165, 1.54) is 4.80 Å². The molecule has 0 saturated carbocycles. The fourth-order valence-electron chi connectivity index (χ4n) is 0.680. The first kappa shape index (κ1) is 9.63. The van der Waals surface area contributed by atoms with E-state index < -0.39 is 0 Å². The smallest absolute Gasteiger partial charge is 0.239 e. The van der Waals surface area contributed by atoms with E-state index in [1.54, 1.807) is 7.05 Å². The van der Waals surface area contributed by atoms with Gasteiger partial charge in [0.15, 0.2) is 5.82 Å². The molecule has 0 aliphatic heterocycles. The van der Waals surface area contributed by atoms with E-state index in [9.17, 15) is 0 Å². The normalized spacial score (nSPS) is 12.6. The Hall–Kier alpha value is -1.46. The van der Waals surface area contributed by atoms with Crippen molar-refractivity contribution in [3.8, 4) is 0 Å². The molecule has 2 N–H and O–H groups in total. The van der Waals surface area contributed by atoms with Crippen LogP contribution in [-0.2, 0) is 7.05 Å². The monoisotopic (exact) mass is 182 g/mol. The van der Waals surface area contributed by atoms with Crippen molar-refractivity contribution >= 4 is 11.6 Å². The maximum absolute atomic E-state index is 5.52. The summed E-state index contributed by atoms with van der Waals surface area (Å²) in [5.41, 5.74) is 5.30. The third-order valence-electron chi connectivity index (χ3n) is 1.17. The number of aromatic nitrogens is 3. The first-order chi connectivity index (χ1) is 5.88. The first-order valence-electron chi connectivity index (χ1n) is 3.98. The van der Waals surface area contributed by atoms with E-state index in [-0.39, 0.29) is 5.54 Å². The Kier molecular flexibility index (Phi) is 2.31. The van der Waals surface area contributed by atoms with Gasteiger partial charge in [0.1, 0.15) is 0 Å². The van der Waals surface area contributed by atoms with E-state index in [2.05, 4.69) is 20.4 Å². The maximum atomic E-state index is 5.52. The number of nitrogens with zero attached hydrogens (tertiary/aromatic N) is 5. The zero-order valence-corrected chi connectivity index (χ0v) is 8.31. The van der Waals surface area contributed by atoms with Gasteiger partial charge in [0.25, 0.3) is 0 Å². The Morgan fingerprint density at radius 3 is 2.31 bits per heavy atom. The molecule has 72 valence electrons. The van der Waals surface area contributed by atoms with Crippen LogP contribution in [0.25, 0.3) is 0 Å². The minimum Gasteiger partial charge on any atom is -0.379 e. The molecule has 6 heteroatoms. The van der Waals surface area contributed by atoms with Gasteiger partial charge >= 0.3 is 0 Å². The SMILES string of the molecule is Cn1nc(N)c(N=NC(C)(C)C)n1. The van der Waals surface area contributed by atoms with Crippen LogP contribution in [0.2, 0.25) is 0 Å². The topological polar surface area (TPSA) is 81.5 Å². The van der Waals surface area contributed by atoms with Crippen LogP contribution in [0.4, 0.5) is 11.6 Å². The molecule has 0 unspecified atom stereocenters. The zero-order chi connectivity index (χ0) is 10.1. The molecular formula is C7H14N6. The standard InChI is InChI=1S/C7H14N6/c1-7(2,3)12-9-6-5(8)10-13(4)11-6/h1-4H3,(H2,8,10). The summed E-state index contributed by atoms with van der Waals surface area (Å²) < 4.78 is 0. The Morgan fingerprint density at radius 2 is 1.92 bits per heavy atom. The molecular weight excluding hydrogens is 168 g/mol. The molecule has 1 aromatic rings. The van der Waals surface area contributed by atoms with Crippen molar-refractivity contribution in [1.29, 1.82) is 0 Å². The Balaban J connectivity index is 2.86. The molecule has 0 aliphatic carbocycles. The Labute approximate surface area is 76.8 Å². The molecule has 0 fully saturated rings. The lowest BCUT2D eigenvalue weighted by atomic mass is 10.1. The largest absolute Gasteiger partial charge is 0.379 e. The van der Waals surface area contributed by atoms with Gasteiger partial charge in [-0.25, -0.2) is 0 Å². The molecule has 0 atom stereocenters. The van der Waals surface area contributed by atoms with Crippen LogP contribution >= 0.6 is 0 Å². The molecule has 6 nitrogen and oxygen atoms in total. The second-order valence-corrected chi connectivity index (χ2v) is 3.77. The van der Waals surface area contributed by atoms with Gasteiger partial charge in [-0.3, -0.25) is 0 Å². The highest BCUT2D eigenvalue weighted by atomic mass is 15.5. The van der Waals surface area contributed by atoms with Crippen molar-refractivity contribution in [3.63, 3.8) is 0 Å². The highest BCUT2D eigenvalue weighted by molar-refractivity contribution is 5.49. The molecule has 1 heterocycles. The lowest BCUT2D eigenvalue weighted by molar-refractivity contribution is 0.550. The summed E-state index contributed by atoms with van der Waals surface area (Å²) in [6, 6.07) is 0. The summed E-state index contributed by atoms with van der Waals surface area (Å²) in [7, 11) is 1.69. The number of hydrogen-bond acceptors (Lipinski definition) is 5. The molecule has 0 aromatic carbocycles. The second-order valence-electron chi connectivity index (χ2n) is 3.77. The van der Waals surface area contributed by atoms with Crippen LogP contribution in [-0.4, -0.2) is 20.5 Å². The summed E-state index contributed by atoms with van der Waals surface area (Å²) in [6.45, 7) is 5.84. The van der Waals surface area contributed by atoms with Crippen molar-refractivity contribution in [2.24, 2.45) is 17.3 Å². The highest BCUT2D eigenvalue weighted by Crippen LogP contribution is 2.18. The van der Waals surface area contributed by atoms with Gasteiger partial charge in [-0.1, -0.05) is 0 Å². The average molecular weight is 182 g/mol. The molecule has 0 amide bonds. The molecule has 13 heavy (non-hydrogen) atoms. The number of hydrogen-bond donors (Lipinski definition) is 1. The predicted octanol–water partition coefficient (Wildman–Crippen LogP) is 1.28. The number of azo groups is 1. The third-order valence-corrected chi connectivity index (χ3v) is 1.17. The first-order valence-corrected chi connectivity index (χ1v) is 3.98. The summed E-state index contributed by atoms with van der Waals surface area (Å²) >= 11 is 0. The lowest BCUT2D eigenvalue weighted by Crippen LogP contribution is -2.07. The van der Waals surface area contributed by atoms with E-state index in [4.69, 9.17) is 5.73 Å². The van der Waals surface area contributed by atoms with E-state index in [0.29, 0.717) is 11.6 Å². The summed E-state index contributed by atoms with van der Waals surface area (Å²) in [5, 5.41) is 15.7. The van der Waals surface area contributed by atoms with Crippen LogP contribution in [0.1, 0.15) is 20.8 Å². The molecule has 1 rings (SSSR count). The van der Waals surface area contributed by atoms with Gasteiger partial charge < -0.3 is 5.73 Å². The van der Waals surface area contributed by atoms with Crippen LogP contribution in [0.5, 0.6) is 0 Å². The lowest BCUT2D eigenvalue weighted by Gasteiger charge is -2.07. The van der Waals surface area contributed by atoms with Gasteiger partial charge in [0.2, 0.25) is 5.82 Å². The summed E-state index contributed by atoms with van der Waals surface area (Å²) in [5.74, 6) is 0.674. The maximum Gasteiger partial charge on any atom is 0.239 e. The van der Waals surface area contributed by atoms with Crippen LogP contribution in [0.15, 0.2) is 10.2 Å². The predicted molar refractivity (Wildman–Crippen MR) is 49.7 cm³/mol. The molecule has 0 radical (unpaired) electrons. The average Bonchev–Trinajstić information content (AvgIpc) is 2.24. The number of nitrogens with two attached hydrogens (primary N) is 1. The zero-order valence-electron chi connectivity index (χ0n) is 8.31. The van der Waals surface area contributed by atoms with E-state index in [0.717, 1.165) is 0 Å². The molecule has 1 aromatic heterocycles. The number of aryl methyl sites for hydroxylation is 1. The van der Waals surface area contributed by atoms with Crippen molar-refractivity contribution in [3.05, 3.63) is 0 Å². The fraction of sp³-hybridized carbons (Fsp3) is 0.714. The van der Waals surface area contributed by atoms with Gasteiger partial charge in [0, 0.05) is 7.05 Å². The van der Waals surface area contributed by atoms with Crippen LogP contribution in [0, 0.1) is 0 Å². The van der Waals surface area contributed by atoms with Crippen molar-refractivity contribution in [2.45, 2.75) is 26.3 Å². The number of anilines is 1. The van der Waals surface area contributed by atoms with E-state index in [1.807, 2.05) is 20.8 Å². The third kappa shape index (κ3) is 2.81. The summed E-state index contributed by atoms with van der Waals surface area (Å²) in [4.78, 5) is 1.37. The minimum absolute atomic E-state index is 0.218. The molecule has 0 aliphatic rings. The second kappa shape index (κ2) is 3.12. The van der Waals surface area contributed by atoms with Crippen molar-refractivity contribution < 1.29 is 0 Å². The van der Waals surface area contributed by atoms with Crippen LogP contribution in [0.3, 0.4) is 0 Å². The number of rotatable bonds is 1. The Bertz CT molecular complexity index is 318. The van der Waals surface area contributed by atoms with Gasteiger partial charge in [-0.05, 0) is 20.8 Å². The van der Waals surface area contributed by atoms with Crippen molar-refractivity contribution in [1.82, 2.24) is 15.0 Å². The van der Waals surface area contributed by atoms with Gasteiger partial charge in [-0.15, -0.1) is 15.3 Å². The highest BCUT2D eigenvalue weighted by Gasteiger charge is 2.09. The molecule has 0 spiro atoms. The fourth-order valence-corrected chi connectivity index (χ4v) is 0.680. The molecule has 0 saturated heterocycles. The van der Waals surface area contributed by atoms with Crippen molar-refractivity contribution in [2.75, 3.05) is 5.73 Å². The Morgan fingerprint density at radius 1 is 1.31 bits per heavy atom. The van der Waals surface area contributed by atoms with E-state index >= 15 is 0 Å². The minimum atomic E-state index is -0.218. The number of nitrogen functional groups attached to an aromatic ring is 1. The van der Waals surface area contributed by atoms with Gasteiger partial charge in [-0.2, -0.15) is 9.91 Å². The van der Waals surface area contributed by atoms with Crippen LogP contribution < -0.4 is 5.73 Å². The summed E-state index contributed by atoms with van der Waals surface area (Å²) in [6.07, 6.45) is 0. The quantitative estimate of drug-likeness (QED) is 0.664.